The zero-order valence-electron chi connectivity index (χ0n) is 12.6. The average Bonchev–Trinajstić information content (AvgIpc) is 2.52. The second-order valence-electron chi connectivity index (χ2n) is 3.91. The minimum Gasteiger partial charge on any atom is -0.465 e. The number of methoxy groups -OCH3 is 1. The fraction of sp³-hybridized carbons (Fsp3) is 0.333. The normalized spacial score (nSPS) is 9.59. The fourth-order valence-electron chi connectivity index (χ4n) is 1.55. The van der Waals surface area contributed by atoms with Gasteiger partial charge in [0.05, 0.1) is 31.6 Å². The van der Waals surface area contributed by atoms with Gasteiger partial charge in [-0.2, -0.15) is 0 Å². The molecule has 0 heterocycles. The van der Waals surface area contributed by atoms with Gasteiger partial charge in [0.25, 0.3) is 0 Å². The molecule has 0 saturated carbocycles. The molecule has 0 spiro atoms. The Hall–Kier alpha value is -2.70. The van der Waals surface area contributed by atoms with Crippen molar-refractivity contribution in [2.45, 2.75) is 13.8 Å². The highest BCUT2D eigenvalue weighted by Crippen LogP contribution is 2.20. The van der Waals surface area contributed by atoms with Crippen molar-refractivity contribution in [1.82, 2.24) is 0 Å². The van der Waals surface area contributed by atoms with Crippen molar-refractivity contribution in [2.75, 3.05) is 20.3 Å². The zero-order chi connectivity index (χ0) is 16.5. The number of esters is 3. The lowest BCUT2D eigenvalue weighted by Gasteiger charge is -2.07. The predicted molar refractivity (Wildman–Crippen MR) is 78.1 cm³/mol. The van der Waals surface area contributed by atoms with E-state index in [2.05, 4.69) is 9.73 Å². The topological polar surface area (TPSA) is 91.3 Å². The van der Waals surface area contributed by atoms with Crippen molar-refractivity contribution in [3.8, 4) is 0 Å². The largest absolute Gasteiger partial charge is 0.465 e. The summed E-state index contributed by atoms with van der Waals surface area (Å²) in [7, 11) is 1.22. The van der Waals surface area contributed by atoms with Crippen molar-refractivity contribution in [3.63, 3.8) is 0 Å². The van der Waals surface area contributed by atoms with Crippen LogP contribution in [0.2, 0.25) is 0 Å². The summed E-state index contributed by atoms with van der Waals surface area (Å²) < 4.78 is 14.2. The van der Waals surface area contributed by atoms with Gasteiger partial charge >= 0.3 is 17.9 Å². The minimum absolute atomic E-state index is 0.0793. The molecule has 1 aromatic rings. The molecular weight excluding hydrogens is 290 g/mol. The molecule has 22 heavy (non-hydrogen) atoms. The number of benzene rings is 1. The van der Waals surface area contributed by atoms with Gasteiger partial charge in [-0.1, -0.05) is 12.1 Å². The maximum Gasteiger partial charge on any atom is 0.364 e. The van der Waals surface area contributed by atoms with Crippen LogP contribution in [0.1, 0.15) is 24.2 Å². The van der Waals surface area contributed by atoms with E-state index in [0.29, 0.717) is 0 Å². The number of carbonyl (C=O) groups is 3. The van der Waals surface area contributed by atoms with Crippen LogP contribution in [0.25, 0.3) is 0 Å². The Morgan fingerprint density at radius 3 is 2.05 bits per heavy atom. The molecule has 0 saturated heterocycles. The molecule has 0 aromatic heterocycles. The van der Waals surface area contributed by atoms with E-state index < -0.39 is 23.6 Å². The van der Waals surface area contributed by atoms with Gasteiger partial charge in [0.15, 0.2) is 0 Å². The van der Waals surface area contributed by atoms with Gasteiger partial charge in [0.1, 0.15) is 0 Å². The number of carbonyl (C=O) groups excluding carboxylic acids is 3. The monoisotopic (exact) mass is 307 g/mol. The third-order valence-corrected chi connectivity index (χ3v) is 2.48. The van der Waals surface area contributed by atoms with Crippen LogP contribution in [0.3, 0.4) is 0 Å². The molecule has 0 aliphatic rings. The molecule has 0 aliphatic carbocycles. The van der Waals surface area contributed by atoms with Crippen LogP contribution in [0.4, 0.5) is 5.69 Å². The highest BCUT2D eigenvalue weighted by Gasteiger charge is 2.24. The van der Waals surface area contributed by atoms with E-state index in [4.69, 9.17) is 9.47 Å². The Morgan fingerprint density at radius 1 is 1.00 bits per heavy atom. The van der Waals surface area contributed by atoms with Gasteiger partial charge < -0.3 is 14.2 Å². The molecule has 7 heteroatoms. The number of para-hydroxylation sites is 1. The first-order valence-electron chi connectivity index (χ1n) is 6.65. The number of rotatable bonds is 6. The molecule has 118 valence electrons. The third kappa shape index (κ3) is 4.41. The van der Waals surface area contributed by atoms with E-state index in [-0.39, 0.29) is 24.5 Å². The molecule has 0 bridgehead atoms. The van der Waals surface area contributed by atoms with Crippen LogP contribution in [0.15, 0.2) is 29.3 Å². The number of ether oxygens (including phenoxy) is 3. The summed E-state index contributed by atoms with van der Waals surface area (Å²) in [6, 6.07) is 6.17. The third-order valence-electron chi connectivity index (χ3n) is 2.48. The quantitative estimate of drug-likeness (QED) is 0.343. The Morgan fingerprint density at radius 2 is 1.55 bits per heavy atom. The zero-order valence-corrected chi connectivity index (χ0v) is 12.6. The van der Waals surface area contributed by atoms with E-state index in [1.807, 2.05) is 0 Å². The lowest BCUT2D eigenvalue weighted by molar-refractivity contribution is -0.140. The van der Waals surface area contributed by atoms with Crippen LogP contribution < -0.4 is 0 Å². The van der Waals surface area contributed by atoms with Crippen molar-refractivity contribution in [1.29, 1.82) is 0 Å². The molecule has 0 fully saturated rings. The van der Waals surface area contributed by atoms with Gasteiger partial charge in [-0.3, -0.25) is 0 Å². The van der Waals surface area contributed by atoms with Gasteiger partial charge in [-0.05, 0) is 26.0 Å². The highest BCUT2D eigenvalue weighted by atomic mass is 16.6. The van der Waals surface area contributed by atoms with Gasteiger partial charge in [-0.25, -0.2) is 19.4 Å². The summed E-state index contributed by atoms with van der Waals surface area (Å²) in [5.74, 6) is -2.47. The SMILES string of the molecule is CCOC(=O)C(=Nc1ccccc1C(=O)OC)C(=O)OCC. The van der Waals surface area contributed by atoms with Crippen LogP contribution in [-0.4, -0.2) is 43.9 Å². The summed E-state index contributed by atoms with van der Waals surface area (Å²) in [5, 5.41) is 0. The van der Waals surface area contributed by atoms with E-state index in [1.165, 1.54) is 19.2 Å². The molecule has 1 rings (SSSR count). The molecule has 1 aromatic carbocycles. The second-order valence-corrected chi connectivity index (χ2v) is 3.91. The lowest BCUT2D eigenvalue weighted by atomic mass is 10.2. The molecule has 0 unspecified atom stereocenters. The van der Waals surface area contributed by atoms with Crippen LogP contribution >= 0.6 is 0 Å². The lowest BCUT2D eigenvalue weighted by Crippen LogP contribution is -2.28. The molecule has 0 atom stereocenters. The fourth-order valence-corrected chi connectivity index (χ4v) is 1.55. The van der Waals surface area contributed by atoms with E-state index in [9.17, 15) is 14.4 Å². The first-order valence-corrected chi connectivity index (χ1v) is 6.65. The van der Waals surface area contributed by atoms with Crippen LogP contribution in [0.5, 0.6) is 0 Å². The molecule has 0 aliphatic heterocycles. The molecule has 0 amide bonds. The Kier molecular flexibility index (Phi) is 6.75. The number of nitrogens with zero attached hydrogens (tertiary/aromatic N) is 1. The van der Waals surface area contributed by atoms with Gasteiger partial charge in [0, 0.05) is 0 Å². The maximum atomic E-state index is 11.8. The number of hydrogen-bond donors (Lipinski definition) is 0. The standard InChI is InChI=1S/C15H17NO6/c1-4-21-14(18)12(15(19)22-5-2)16-11-9-7-6-8-10(11)13(17)20-3/h6-9H,4-5H2,1-3H3. The van der Waals surface area contributed by atoms with E-state index >= 15 is 0 Å². The average molecular weight is 307 g/mol. The molecule has 7 nitrogen and oxygen atoms in total. The molecule has 0 N–H and O–H groups in total. The van der Waals surface area contributed by atoms with Crippen molar-refractivity contribution >= 4 is 29.3 Å². The first kappa shape index (κ1) is 17.4. The van der Waals surface area contributed by atoms with Crippen molar-refractivity contribution < 1.29 is 28.6 Å². The summed E-state index contributed by atoms with van der Waals surface area (Å²) >= 11 is 0. The van der Waals surface area contributed by atoms with Gasteiger partial charge in [0.2, 0.25) is 5.71 Å². The number of hydrogen-bond acceptors (Lipinski definition) is 7. The van der Waals surface area contributed by atoms with Crippen molar-refractivity contribution in [2.24, 2.45) is 4.99 Å². The Balaban J connectivity index is 3.30. The Bertz CT molecular complexity index is 573. The van der Waals surface area contributed by atoms with E-state index in [1.54, 1.807) is 26.0 Å². The van der Waals surface area contributed by atoms with Crippen molar-refractivity contribution in [3.05, 3.63) is 29.8 Å². The minimum atomic E-state index is -0.916. The smallest absolute Gasteiger partial charge is 0.364 e. The van der Waals surface area contributed by atoms with Crippen LogP contribution in [0, 0.1) is 0 Å². The maximum absolute atomic E-state index is 11.8. The summed E-state index contributed by atoms with van der Waals surface area (Å²) in [4.78, 5) is 39.3. The van der Waals surface area contributed by atoms with Crippen LogP contribution in [-0.2, 0) is 23.8 Å². The summed E-state index contributed by atoms with van der Waals surface area (Å²) in [6.45, 7) is 3.36. The Labute approximate surface area is 127 Å². The molecule has 0 radical (unpaired) electrons. The molecular formula is C15H17NO6. The summed E-state index contributed by atoms with van der Waals surface area (Å²) in [6.07, 6.45) is 0. The van der Waals surface area contributed by atoms with E-state index in [0.717, 1.165) is 0 Å². The highest BCUT2D eigenvalue weighted by molar-refractivity contribution is 6.63. The summed E-state index contributed by atoms with van der Waals surface area (Å²) in [5.41, 5.74) is -0.290. The first-order chi connectivity index (χ1) is 10.5. The predicted octanol–water partition coefficient (Wildman–Crippen LogP) is 1.67. The number of aliphatic imine (C=N–C) groups is 1. The van der Waals surface area contributed by atoms with Gasteiger partial charge in [-0.15, -0.1) is 0 Å². The second kappa shape index (κ2) is 8.56.